The quantitative estimate of drug-likeness (QED) is 0.372. The van der Waals surface area contributed by atoms with Gasteiger partial charge >= 0.3 is 0 Å². The molecule has 0 saturated carbocycles. The SMILES string of the molecule is CCCCCCCCCCCONCCC. The van der Waals surface area contributed by atoms with Gasteiger partial charge < -0.3 is 4.84 Å². The van der Waals surface area contributed by atoms with Crippen molar-refractivity contribution in [2.24, 2.45) is 0 Å². The Morgan fingerprint density at radius 1 is 0.688 bits per heavy atom. The lowest BCUT2D eigenvalue weighted by Crippen LogP contribution is -2.15. The van der Waals surface area contributed by atoms with Crippen LogP contribution >= 0.6 is 0 Å². The Morgan fingerprint density at radius 2 is 1.25 bits per heavy atom. The fraction of sp³-hybridized carbons (Fsp3) is 1.00. The summed E-state index contributed by atoms with van der Waals surface area (Å²) in [5.74, 6) is 0. The first-order chi connectivity index (χ1) is 7.91. The number of hydroxylamine groups is 1. The van der Waals surface area contributed by atoms with E-state index in [2.05, 4.69) is 19.3 Å². The minimum atomic E-state index is 0.871. The van der Waals surface area contributed by atoms with Crippen LogP contribution in [0.4, 0.5) is 0 Å². The Balaban J connectivity index is 2.83. The predicted molar refractivity (Wildman–Crippen MR) is 71.5 cm³/mol. The minimum absolute atomic E-state index is 0.871. The van der Waals surface area contributed by atoms with Crippen molar-refractivity contribution in [1.82, 2.24) is 5.48 Å². The summed E-state index contributed by atoms with van der Waals surface area (Å²) in [5.41, 5.74) is 2.96. The van der Waals surface area contributed by atoms with Crippen LogP contribution in [0.25, 0.3) is 0 Å². The second-order valence-corrected chi connectivity index (χ2v) is 4.57. The van der Waals surface area contributed by atoms with E-state index in [-0.39, 0.29) is 0 Å². The Labute approximate surface area is 102 Å². The first-order valence-electron chi connectivity index (χ1n) is 7.26. The average molecular weight is 229 g/mol. The summed E-state index contributed by atoms with van der Waals surface area (Å²) in [5, 5.41) is 0. The second-order valence-electron chi connectivity index (χ2n) is 4.57. The monoisotopic (exact) mass is 229 g/mol. The maximum absolute atomic E-state index is 5.28. The van der Waals surface area contributed by atoms with Gasteiger partial charge in [0, 0.05) is 6.54 Å². The van der Waals surface area contributed by atoms with E-state index >= 15 is 0 Å². The lowest BCUT2D eigenvalue weighted by molar-refractivity contribution is 0.0387. The molecule has 0 saturated heterocycles. The predicted octanol–water partition coefficient (Wildman–Crippen LogP) is 4.45. The zero-order valence-electron chi connectivity index (χ0n) is 11.4. The topological polar surface area (TPSA) is 21.3 Å². The molecule has 0 aromatic rings. The molecule has 0 aliphatic rings. The summed E-state index contributed by atoms with van der Waals surface area (Å²) < 4.78 is 0. The second kappa shape index (κ2) is 14.9. The average Bonchev–Trinajstić information content (AvgIpc) is 2.31. The van der Waals surface area contributed by atoms with Gasteiger partial charge in [0.05, 0.1) is 6.61 Å². The van der Waals surface area contributed by atoms with Crippen molar-refractivity contribution < 1.29 is 4.84 Å². The number of hydrogen-bond donors (Lipinski definition) is 1. The highest BCUT2D eigenvalue weighted by atomic mass is 16.6. The van der Waals surface area contributed by atoms with E-state index in [9.17, 15) is 0 Å². The van der Waals surface area contributed by atoms with E-state index in [1.807, 2.05) is 0 Å². The lowest BCUT2D eigenvalue weighted by atomic mass is 10.1. The molecule has 2 heteroatoms. The van der Waals surface area contributed by atoms with E-state index in [1.54, 1.807) is 0 Å². The molecular formula is C14H31NO. The summed E-state index contributed by atoms with van der Waals surface area (Å²) >= 11 is 0. The highest BCUT2D eigenvalue weighted by Gasteiger charge is 1.92. The summed E-state index contributed by atoms with van der Waals surface area (Å²) in [6.45, 7) is 6.26. The zero-order chi connectivity index (χ0) is 11.9. The van der Waals surface area contributed by atoms with Crippen molar-refractivity contribution in [2.45, 2.75) is 78.1 Å². The summed E-state index contributed by atoms with van der Waals surface area (Å²) in [6, 6.07) is 0. The Morgan fingerprint density at radius 3 is 1.81 bits per heavy atom. The third-order valence-electron chi connectivity index (χ3n) is 2.80. The molecule has 0 radical (unpaired) electrons. The van der Waals surface area contributed by atoms with Crippen molar-refractivity contribution in [1.29, 1.82) is 0 Å². The molecule has 0 heterocycles. The van der Waals surface area contributed by atoms with Crippen LogP contribution in [0.15, 0.2) is 0 Å². The molecule has 2 nitrogen and oxygen atoms in total. The van der Waals surface area contributed by atoms with Crippen LogP contribution < -0.4 is 5.48 Å². The maximum atomic E-state index is 5.28. The summed E-state index contributed by atoms with van der Waals surface area (Å²) in [6.07, 6.45) is 13.5. The summed E-state index contributed by atoms with van der Waals surface area (Å²) in [7, 11) is 0. The fourth-order valence-electron chi connectivity index (χ4n) is 1.73. The van der Waals surface area contributed by atoms with Gasteiger partial charge in [0.25, 0.3) is 0 Å². The highest BCUT2D eigenvalue weighted by Crippen LogP contribution is 2.09. The van der Waals surface area contributed by atoms with Crippen molar-refractivity contribution in [3.63, 3.8) is 0 Å². The molecular weight excluding hydrogens is 198 g/mol. The van der Waals surface area contributed by atoms with E-state index in [4.69, 9.17) is 4.84 Å². The molecule has 0 unspecified atom stereocenters. The van der Waals surface area contributed by atoms with Gasteiger partial charge in [-0.3, -0.25) is 0 Å². The molecule has 0 aromatic heterocycles. The smallest absolute Gasteiger partial charge is 0.0682 e. The first-order valence-corrected chi connectivity index (χ1v) is 7.26. The van der Waals surface area contributed by atoms with Gasteiger partial charge in [-0.05, 0) is 12.8 Å². The van der Waals surface area contributed by atoms with Gasteiger partial charge in [0.2, 0.25) is 0 Å². The van der Waals surface area contributed by atoms with Gasteiger partial charge in [-0.15, -0.1) is 0 Å². The number of unbranched alkanes of at least 4 members (excludes halogenated alkanes) is 8. The van der Waals surface area contributed by atoms with Crippen LogP contribution in [-0.2, 0) is 4.84 Å². The van der Waals surface area contributed by atoms with Crippen molar-refractivity contribution in [3.8, 4) is 0 Å². The highest BCUT2D eigenvalue weighted by molar-refractivity contribution is 4.46. The molecule has 0 fully saturated rings. The molecule has 0 aromatic carbocycles. The molecule has 0 atom stereocenters. The molecule has 1 N–H and O–H groups in total. The largest absolute Gasteiger partial charge is 0.302 e. The molecule has 0 aliphatic heterocycles. The third-order valence-corrected chi connectivity index (χ3v) is 2.80. The van der Waals surface area contributed by atoms with Crippen molar-refractivity contribution in [2.75, 3.05) is 13.2 Å². The number of nitrogens with one attached hydrogen (secondary N) is 1. The van der Waals surface area contributed by atoms with Gasteiger partial charge in [0.1, 0.15) is 0 Å². The van der Waals surface area contributed by atoms with E-state index in [0.717, 1.165) is 19.6 Å². The van der Waals surface area contributed by atoms with Crippen LogP contribution in [-0.4, -0.2) is 13.2 Å². The Kier molecular flexibility index (Phi) is 14.8. The summed E-state index contributed by atoms with van der Waals surface area (Å²) in [4.78, 5) is 5.28. The van der Waals surface area contributed by atoms with Crippen molar-refractivity contribution in [3.05, 3.63) is 0 Å². The maximum Gasteiger partial charge on any atom is 0.0682 e. The van der Waals surface area contributed by atoms with E-state index < -0.39 is 0 Å². The first kappa shape index (κ1) is 15.9. The number of hydrogen-bond acceptors (Lipinski definition) is 2. The lowest BCUT2D eigenvalue weighted by Gasteiger charge is -2.04. The molecule has 16 heavy (non-hydrogen) atoms. The van der Waals surface area contributed by atoms with Gasteiger partial charge in [0.15, 0.2) is 0 Å². The van der Waals surface area contributed by atoms with Crippen LogP contribution in [0, 0.1) is 0 Å². The van der Waals surface area contributed by atoms with Crippen LogP contribution in [0.2, 0.25) is 0 Å². The molecule has 0 aliphatic carbocycles. The standard InChI is InChI=1S/C14H31NO/c1-3-5-6-7-8-9-10-11-12-14-16-15-13-4-2/h15H,3-14H2,1-2H3. The molecule has 0 rings (SSSR count). The minimum Gasteiger partial charge on any atom is -0.302 e. The number of rotatable bonds is 13. The van der Waals surface area contributed by atoms with Crippen LogP contribution in [0.3, 0.4) is 0 Å². The molecule has 0 bridgehead atoms. The van der Waals surface area contributed by atoms with Crippen LogP contribution in [0.1, 0.15) is 78.1 Å². The molecule has 0 spiro atoms. The third kappa shape index (κ3) is 13.9. The van der Waals surface area contributed by atoms with Gasteiger partial charge in [-0.1, -0.05) is 65.2 Å². The Hall–Kier alpha value is -0.0800. The molecule has 98 valence electrons. The van der Waals surface area contributed by atoms with E-state index in [1.165, 1.54) is 57.8 Å². The van der Waals surface area contributed by atoms with E-state index in [0.29, 0.717) is 0 Å². The van der Waals surface area contributed by atoms with Crippen molar-refractivity contribution >= 4 is 0 Å². The molecule has 0 amide bonds. The Bertz CT molecular complexity index is 103. The zero-order valence-corrected chi connectivity index (χ0v) is 11.4. The fourth-order valence-corrected chi connectivity index (χ4v) is 1.73. The van der Waals surface area contributed by atoms with Gasteiger partial charge in [-0.2, -0.15) is 0 Å². The normalized spacial score (nSPS) is 10.9. The van der Waals surface area contributed by atoms with Gasteiger partial charge in [-0.25, -0.2) is 5.48 Å². The van der Waals surface area contributed by atoms with Crippen LogP contribution in [0.5, 0.6) is 0 Å².